The van der Waals surface area contributed by atoms with Gasteiger partial charge in [0.1, 0.15) is 0 Å². The largest absolute Gasteiger partial charge is 0.330 e. The molecule has 0 aliphatic carbocycles. The molecule has 0 spiro atoms. The molecule has 3 heteroatoms. The highest BCUT2D eigenvalue weighted by atomic mass is 15.1. The maximum absolute atomic E-state index is 5.43. The molecule has 0 aliphatic rings. The van der Waals surface area contributed by atoms with Gasteiger partial charge >= 0.3 is 0 Å². The Hall–Kier alpha value is -0.120. The molecule has 0 fully saturated rings. The summed E-state index contributed by atoms with van der Waals surface area (Å²) in [5.74, 6) is 0. The number of nitrogens with one attached hydrogen (secondary N) is 1. The lowest BCUT2D eigenvalue weighted by molar-refractivity contribution is 0.268. The zero-order valence-electron chi connectivity index (χ0n) is 11.3. The van der Waals surface area contributed by atoms with Crippen LogP contribution in [0.4, 0.5) is 0 Å². The number of hydrogen-bond acceptors (Lipinski definition) is 3. The number of rotatable bonds is 12. The van der Waals surface area contributed by atoms with Crippen molar-refractivity contribution in [3.63, 3.8) is 0 Å². The normalized spacial score (nSPS) is 11.2. The van der Waals surface area contributed by atoms with Crippen molar-refractivity contribution in [1.29, 1.82) is 0 Å². The standard InChI is InChI=1S/C13H31N3/c1-3-11-16(12-4-2)13-6-5-9-15-10-7-8-14/h15H,3-14H2,1-2H3. The summed E-state index contributed by atoms with van der Waals surface area (Å²) in [4.78, 5) is 2.58. The summed E-state index contributed by atoms with van der Waals surface area (Å²) >= 11 is 0. The van der Waals surface area contributed by atoms with Crippen molar-refractivity contribution in [3.8, 4) is 0 Å². The lowest BCUT2D eigenvalue weighted by Gasteiger charge is -2.20. The minimum absolute atomic E-state index is 0.799. The van der Waals surface area contributed by atoms with Gasteiger partial charge in [0.2, 0.25) is 0 Å². The SMILES string of the molecule is CCCN(CCC)CCCCNCCCN. The highest BCUT2D eigenvalue weighted by Crippen LogP contribution is 1.98. The maximum atomic E-state index is 5.43. The number of hydrogen-bond donors (Lipinski definition) is 2. The summed E-state index contributed by atoms with van der Waals surface area (Å²) in [6, 6.07) is 0. The molecule has 0 atom stereocenters. The van der Waals surface area contributed by atoms with Gasteiger partial charge in [-0.15, -0.1) is 0 Å². The third-order valence-corrected chi connectivity index (χ3v) is 2.72. The van der Waals surface area contributed by atoms with Gasteiger partial charge < -0.3 is 16.0 Å². The summed E-state index contributed by atoms with van der Waals surface area (Å²) in [6.07, 6.45) is 6.24. The van der Waals surface area contributed by atoms with Crippen molar-refractivity contribution in [2.75, 3.05) is 39.3 Å². The zero-order valence-corrected chi connectivity index (χ0v) is 11.3. The van der Waals surface area contributed by atoms with Crippen molar-refractivity contribution in [1.82, 2.24) is 10.2 Å². The van der Waals surface area contributed by atoms with E-state index in [9.17, 15) is 0 Å². The number of unbranched alkanes of at least 4 members (excludes halogenated alkanes) is 1. The Morgan fingerprint density at radius 1 is 0.875 bits per heavy atom. The van der Waals surface area contributed by atoms with Gasteiger partial charge in [-0.1, -0.05) is 13.8 Å². The Labute approximate surface area is 102 Å². The first-order valence-corrected chi connectivity index (χ1v) is 6.98. The summed E-state index contributed by atoms with van der Waals surface area (Å²) in [5, 5.41) is 3.43. The topological polar surface area (TPSA) is 41.3 Å². The van der Waals surface area contributed by atoms with Crippen LogP contribution in [-0.2, 0) is 0 Å². The van der Waals surface area contributed by atoms with Crippen LogP contribution in [-0.4, -0.2) is 44.2 Å². The lowest BCUT2D eigenvalue weighted by atomic mass is 10.2. The molecule has 3 N–H and O–H groups in total. The molecule has 0 saturated carbocycles. The van der Waals surface area contributed by atoms with Crippen LogP contribution in [0.1, 0.15) is 46.0 Å². The fourth-order valence-electron chi connectivity index (χ4n) is 1.91. The van der Waals surface area contributed by atoms with Gasteiger partial charge in [-0.05, 0) is 71.4 Å². The molecular formula is C13H31N3. The fourth-order valence-corrected chi connectivity index (χ4v) is 1.91. The Morgan fingerprint density at radius 3 is 2.06 bits per heavy atom. The van der Waals surface area contributed by atoms with Crippen LogP contribution in [0.5, 0.6) is 0 Å². The molecule has 0 aliphatic heterocycles. The number of nitrogens with two attached hydrogens (primary N) is 1. The van der Waals surface area contributed by atoms with Crippen LogP contribution < -0.4 is 11.1 Å². The predicted molar refractivity (Wildman–Crippen MR) is 72.8 cm³/mol. The van der Waals surface area contributed by atoms with Crippen molar-refractivity contribution in [3.05, 3.63) is 0 Å². The van der Waals surface area contributed by atoms with E-state index in [1.165, 1.54) is 45.3 Å². The van der Waals surface area contributed by atoms with Crippen LogP contribution in [0.2, 0.25) is 0 Å². The molecule has 0 aromatic carbocycles. The summed E-state index contributed by atoms with van der Waals surface area (Å²) < 4.78 is 0. The summed E-state index contributed by atoms with van der Waals surface area (Å²) in [6.45, 7) is 11.3. The van der Waals surface area contributed by atoms with Crippen molar-refractivity contribution >= 4 is 0 Å². The van der Waals surface area contributed by atoms with Crippen LogP contribution >= 0.6 is 0 Å². The van der Waals surface area contributed by atoms with E-state index >= 15 is 0 Å². The van der Waals surface area contributed by atoms with E-state index in [1.54, 1.807) is 0 Å². The van der Waals surface area contributed by atoms with E-state index < -0.39 is 0 Å². The van der Waals surface area contributed by atoms with Gasteiger partial charge in [0.25, 0.3) is 0 Å². The number of nitrogens with zero attached hydrogens (tertiary/aromatic N) is 1. The molecule has 0 radical (unpaired) electrons. The molecule has 0 unspecified atom stereocenters. The molecule has 3 nitrogen and oxygen atoms in total. The molecule has 0 saturated heterocycles. The van der Waals surface area contributed by atoms with Crippen LogP contribution in [0, 0.1) is 0 Å². The first kappa shape index (κ1) is 15.9. The Bertz CT molecular complexity index is 122. The summed E-state index contributed by atoms with van der Waals surface area (Å²) in [7, 11) is 0. The van der Waals surface area contributed by atoms with E-state index in [0.29, 0.717) is 0 Å². The predicted octanol–water partition coefficient (Wildman–Crippen LogP) is 1.83. The van der Waals surface area contributed by atoms with Crippen molar-refractivity contribution < 1.29 is 0 Å². The first-order valence-electron chi connectivity index (χ1n) is 6.98. The molecule has 0 rings (SSSR count). The minimum atomic E-state index is 0.799. The molecular weight excluding hydrogens is 198 g/mol. The molecule has 98 valence electrons. The van der Waals surface area contributed by atoms with Crippen LogP contribution in [0.15, 0.2) is 0 Å². The molecule has 0 bridgehead atoms. The van der Waals surface area contributed by atoms with E-state index in [-0.39, 0.29) is 0 Å². The van der Waals surface area contributed by atoms with Gasteiger partial charge in [0.15, 0.2) is 0 Å². The first-order chi connectivity index (χ1) is 7.85. The molecule has 0 amide bonds. The third-order valence-electron chi connectivity index (χ3n) is 2.72. The average molecular weight is 229 g/mol. The quantitative estimate of drug-likeness (QED) is 0.502. The van der Waals surface area contributed by atoms with E-state index in [2.05, 4.69) is 24.1 Å². The second kappa shape index (κ2) is 12.9. The van der Waals surface area contributed by atoms with Gasteiger partial charge in [-0.3, -0.25) is 0 Å². The van der Waals surface area contributed by atoms with Crippen molar-refractivity contribution in [2.45, 2.75) is 46.0 Å². The van der Waals surface area contributed by atoms with Gasteiger partial charge in [-0.25, -0.2) is 0 Å². The van der Waals surface area contributed by atoms with Crippen LogP contribution in [0.3, 0.4) is 0 Å². The van der Waals surface area contributed by atoms with E-state index in [1.807, 2.05) is 0 Å². The Kier molecular flexibility index (Phi) is 12.9. The Morgan fingerprint density at radius 2 is 1.50 bits per heavy atom. The smallest absolute Gasteiger partial charge is 0.00183 e. The maximum Gasteiger partial charge on any atom is -0.00183 e. The fraction of sp³-hybridized carbons (Fsp3) is 1.00. The Balaban J connectivity index is 3.25. The minimum Gasteiger partial charge on any atom is -0.330 e. The van der Waals surface area contributed by atoms with Crippen LogP contribution in [0.25, 0.3) is 0 Å². The monoisotopic (exact) mass is 229 g/mol. The molecule has 0 aromatic rings. The molecule has 0 aromatic heterocycles. The van der Waals surface area contributed by atoms with E-state index in [4.69, 9.17) is 5.73 Å². The second-order valence-electron chi connectivity index (χ2n) is 4.44. The lowest BCUT2D eigenvalue weighted by Crippen LogP contribution is -2.27. The highest BCUT2D eigenvalue weighted by molar-refractivity contribution is 4.57. The zero-order chi connectivity index (χ0) is 12.1. The molecule has 16 heavy (non-hydrogen) atoms. The third kappa shape index (κ3) is 10.4. The molecule has 0 heterocycles. The van der Waals surface area contributed by atoms with Gasteiger partial charge in [0.05, 0.1) is 0 Å². The van der Waals surface area contributed by atoms with E-state index in [0.717, 1.165) is 26.1 Å². The summed E-state index contributed by atoms with van der Waals surface area (Å²) in [5.41, 5.74) is 5.43. The van der Waals surface area contributed by atoms with Gasteiger partial charge in [-0.2, -0.15) is 0 Å². The van der Waals surface area contributed by atoms with Gasteiger partial charge in [0, 0.05) is 0 Å². The average Bonchev–Trinajstić information content (AvgIpc) is 2.28. The second-order valence-corrected chi connectivity index (χ2v) is 4.44. The van der Waals surface area contributed by atoms with Crippen molar-refractivity contribution in [2.24, 2.45) is 5.73 Å². The highest BCUT2D eigenvalue weighted by Gasteiger charge is 2.01.